The summed E-state index contributed by atoms with van der Waals surface area (Å²) in [6, 6.07) is 6.74. The minimum atomic E-state index is 0.316. The first kappa shape index (κ1) is 18.5. The van der Waals surface area contributed by atoms with E-state index in [4.69, 9.17) is 23.2 Å². The SMILES string of the molecule is CCNC1CCCCC1(CCc1ccc(Cl)c(Cl)c1)N1CCCC1. The number of benzene rings is 1. The van der Waals surface area contributed by atoms with Gasteiger partial charge in [-0.05, 0) is 75.9 Å². The number of likely N-dealkylation sites (tertiary alicyclic amines) is 1. The van der Waals surface area contributed by atoms with Crippen molar-refractivity contribution in [2.75, 3.05) is 19.6 Å². The van der Waals surface area contributed by atoms with Crippen LogP contribution in [0.2, 0.25) is 10.0 Å². The smallest absolute Gasteiger partial charge is 0.0595 e. The van der Waals surface area contributed by atoms with Crippen LogP contribution >= 0.6 is 23.2 Å². The van der Waals surface area contributed by atoms with E-state index in [1.54, 1.807) is 0 Å². The third-order valence-corrected chi connectivity index (χ3v) is 6.76. The van der Waals surface area contributed by atoms with Crippen molar-refractivity contribution in [1.29, 1.82) is 0 Å². The largest absolute Gasteiger partial charge is 0.312 e. The van der Waals surface area contributed by atoms with Crippen LogP contribution in [0.1, 0.15) is 57.4 Å². The Labute approximate surface area is 156 Å². The molecule has 2 nitrogen and oxygen atoms in total. The Hall–Kier alpha value is -0.280. The Morgan fingerprint density at radius 3 is 2.62 bits per heavy atom. The van der Waals surface area contributed by atoms with Gasteiger partial charge in [0.1, 0.15) is 0 Å². The first-order valence-corrected chi connectivity index (χ1v) is 10.3. The van der Waals surface area contributed by atoms with E-state index >= 15 is 0 Å². The summed E-state index contributed by atoms with van der Waals surface area (Å²) in [6.07, 6.45) is 10.4. The molecule has 0 radical (unpaired) electrons. The second-order valence-corrected chi connectivity index (χ2v) is 8.22. The summed E-state index contributed by atoms with van der Waals surface area (Å²) in [5.41, 5.74) is 1.63. The van der Waals surface area contributed by atoms with Gasteiger partial charge in [-0.2, -0.15) is 0 Å². The molecule has 2 unspecified atom stereocenters. The topological polar surface area (TPSA) is 15.3 Å². The summed E-state index contributed by atoms with van der Waals surface area (Å²) in [5.74, 6) is 0. The highest BCUT2D eigenvalue weighted by Crippen LogP contribution is 2.40. The van der Waals surface area contributed by atoms with Crippen molar-refractivity contribution < 1.29 is 0 Å². The standard InChI is InChI=1S/C20H30Cl2N2/c1-2-23-19-7-3-4-11-20(19,24-13-5-6-14-24)12-10-16-8-9-17(21)18(22)15-16/h8-9,15,19,23H,2-7,10-14H2,1H3. The van der Waals surface area contributed by atoms with E-state index in [0.717, 1.165) is 13.0 Å². The fraction of sp³-hybridized carbons (Fsp3) is 0.700. The molecule has 24 heavy (non-hydrogen) atoms. The summed E-state index contributed by atoms with van der Waals surface area (Å²) in [5, 5.41) is 5.15. The third kappa shape index (κ3) is 3.93. The average Bonchev–Trinajstić information content (AvgIpc) is 3.13. The third-order valence-electron chi connectivity index (χ3n) is 6.02. The molecule has 0 aromatic heterocycles. The van der Waals surface area contributed by atoms with Crippen LogP contribution in [0, 0.1) is 0 Å². The molecule has 1 N–H and O–H groups in total. The van der Waals surface area contributed by atoms with Crippen LogP contribution in [-0.2, 0) is 6.42 Å². The fourth-order valence-corrected chi connectivity index (χ4v) is 5.14. The number of halogens is 2. The van der Waals surface area contributed by atoms with Gasteiger partial charge < -0.3 is 5.32 Å². The van der Waals surface area contributed by atoms with Crippen LogP contribution in [0.25, 0.3) is 0 Å². The molecule has 2 atom stereocenters. The number of rotatable bonds is 6. The number of aryl methyl sites for hydroxylation is 1. The molecule has 0 spiro atoms. The van der Waals surface area contributed by atoms with E-state index in [1.165, 1.54) is 63.6 Å². The molecule has 1 aromatic carbocycles. The molecule has 1 saturated heterocycles. The molecule has 1 saturated carbocycles. The maximum absolute atomic E-state index is 6.22. The van der Waals surface area contributed by atoms with Gasteiger partial charge in [0, 0.05) is 11.6 Å². The first-order chi connectivity index (χ1) is 11.7. The Kier molecular flexibility index (Phi) is 6.48. The molecule has 2 fully saturated rings. The average molecular weight is 369 g/mol. The van der Waals surface area contributed by atoms with Gasteiger partial charge in [-0.25, -0.2) is 0 Å². The lowest BCUT2D eigenvalue weighted by molar-refractivity contribution is 0.0306. The van der Waals surface area contributed by atoms with Gasteiger partial charge >= 0.3 is 0 Å². The number of nitrogens with one attached hydrogen (secondary N) is 1. The van der Waals surface area contributed by atoms with Gasteiger partial charge in [-0.3, -0.25) is 4.90 Å². The summed E-state index contributed by atoms with van der Waals surface area (Å²) in [4.78, 5) is 2.80. The Bertz CT molecular complexity index is 540. The molecular weight excluding hydrogens is 339 g/mol. The zero-order chi connectivity index (χ0) is 17.0. The second kappa shape index (κ2) is 8.40. The number of nitrogens with zero attached hydrogens (tertiary/aromatic N) is 1. The van der Waals surface area contributed by atoms with E-state index < -0.39 is 0 Å². The van der Waals surface area contributed by atoms with Crippen LogP contribution in [0.3, 0.4) is 0 Å². The van der Waals surface area contributed by atoms with Crippen LogP contribution in [0.15, 0.2) is 18.2 Å². The summed E-state index contributed by atoms with van der Waals surface area (Å²) >= 11 is 12.3. The molecule has 1 heterocycles. The molecular formula is C20H30Cl2N2. The van der Waals surface area contributed by atoms with Crippen LogP contribution in [-0.4, -0.2) is 36.1 Å². The van der Waals surface area contributed by atoms with Crippen molar-refractivity contribution in [2.45, 2.75) is 69.9 Å². The minimum absolute atomic E-state index is 0.316. The maximum Gasteiger partial charge on any atom is 0.0595 e. The van der Waals surface area contributed by atoms with E-state index in [-0.39, 0.29) is 0 Å². The number of hydrogen-bond donors (Lipinski definition) is 1. The molecule has 3 rings (SSSR count). The van der Waals surface area contributed by atoms with E-state index in [1.807, 2.05) is 12.1 Å². The zero-order valence-corrected chi connectivity index (χ0v) is 16.3. The molecule has 134 valence electrons. The lowest BCUT2D eigenvalue weighted by Crippen LogP contribution is -2.62. The van der Waals surface area contributed by atoms with Crippen LogP contribution < -0.4 is 5.32 Å². The van der Waals surface area contributed by atoms with Gasteiger partial charge in [0.2, 0.25) is 0 Å². The normalized spacial score (nSPS) is 28.4. The molecule has 4 heteroatoms. The van der Waals surface area contributed by atoms with Crippen LogP contribution in [0.4, 0.5) is 0 Å². The molecule has 1 aliphatic carbocycles. The predicted molar refractivity (Wildman–Crippen MR) is 104 cm³/mol. The maximum atomic E-state index is 6.22. The highest BCUT2D eigenvalue weighted by atomic mass is 35.5. The Morgan fingerprint density at radius 2 is 1.92 bits per heavy atom. The van der Waals surface area contributed by atoms with E-state index in [0.29, 0.717) is 21.6 Å². The predicted octanol–water partition coefficient (Wildman–Crippen LogP) is 5.31. The highest BCUT2D eigenvalue weighted by molar-refractivity contribution is 6.42. The minimum Gasteiger partial charge on any atom is -0.312 e. The van der Waals surface area contributed by atoms with Gasteiger partial charge in [-0.1, -0.05) is 49.0 Å². The van der Waals surface area contributed by atoms with Gasteiger partial charge in [0.15, 0.2) is 0 Å². The van der Waals surface area contributed by atoms with Gasteiger partial charge in [0.05, 0.1) is 10.0 Å². The highest BCUT2D eigenvalue weighted by Gasteiger charge is 2.45. The van der Waals surface area contributed by atoms with E-state index in [9.17, 15) is 0 Å². The second-order valence-electron chi connectivity index (χ2n) is 7.40. The summed E-state index contributed by atoms with van der Waals surface area (Å²) in [6.45, 7) is 5.84. The van der Waals surface area contributed by atoms with Gasteiger partial charge in [-0.15, -0.1) is 0 Å². The first-order valence-electron chi connectivity index (χ1n) is 9.58. The van der Waals surface area contributed by atoms with Crippen molar-refractivity contribution in [1.82, 2.24) is 10.2 Å². The lowest BCUT2D eigenvalue weighted by atomic mass is 9.72. The zero-order valence-electron chi connectivity index (χ0n) is 14.8. The fourth-order valence-electron chi connectivity index (χ4n) is 4.82. The Balaban J connectivity index is 1.79. The van der Waals surface area contributed by atoms with Gasteiger partial charge in [0.25, 0.3) is 0 Å². The number of hydrogen-bond acceptors (Lipinski definition) is 2. The van der Waals surface area contributed by atoms with Crippen molar-refractivity contribution in [3.63, 3.8) is 0 Å². The van der Waals surface area contributed by atoms with Crippen molar-refractivity contribution >= 4 is 23.2 Å². The number of likely N-dealkylation sites (N-methyl/N-ethyl adjacent to an activating group) is 1. The summed E-state index contributed by atoms with van der Waals surface area (Å²) < 4.78 is 0. The molecule has 2 aliphatic rings. The summed E-state index contributed by atoms with van der Waals surface area (Å²) in [7, 11) is 0. The lowest BCUT2D eigenvalue weighted by Gasteiger charge is -2.51. The van der Waals surface area contributed by atoms with Crippen molar-refractivity contribution in [2.24, 2.45) is 0 Å². The molecule has 1 aromatic rings. The van der Waals surface area contributed by atoms with Crippen molar-refractivity contribution in [3.05, 3.63) is 33.8 Å². The molecule has 1 aliphatic heterocycles. The van der Waals surface area contributed by atoms with E-state index in [2.05, 4.69) is 23.2 Å². The quantitative estimate of drug-likeness (QED) is 0.731. The monoisotopic (exact) mass is 368 g/mol. The Morgan fingerprint density at radius 1 is 1.12 bits per heavy atom. The molecule has 0 bridgehead atoms. The van der Waals surface area contributed by atoms with Crippen LogP contribution in [0.5, 0.6) is 0 Å². The van der Waals surface area contributed by atoms with Crippen molar-refractivity contribution in [3.8, 4) is 0 Å². The molecule has 0 amide bonds.